The Balaban J connectivity index is 1.23. The number of ether oxygens (including phenoxy) is 4. The van der Waals surface area contributed by atoms with Crippen molar-refractivity contribution in [1.82, 2.24) is 20.2 Å². The Morgan fingerprint density at radius 1 is 1.13 bits per heavy atom. The number of halogens is 2. The molecule has 1 unspecified atom stereocenters. The standard InChI is InChI=1S/C33H37F2N5O5/c1-17-24-18(5-8-42-17)9-22(41)10-23(24)25-27(35)28-26(30-29(25)44-16-45-30)31(39-13-20-3-4-21(14-39)36-20)38-32(37-28)43-15-33-6-2-7-40(33)12-19(34)11-33/h9-10,17,19-21,36,41H,2-8,11-16H2,1H3/t17?,19-,20-,21+,33+/m1/s1. The maximum Gasteiger partial charge on any atom is 0.319 e. The number of aromatic hydroxyl groups is 1. The molecule has 0 spiro atoms. The third-order valence-electron chi connectivity index (χ3n) is 10.8. The number of alkyl halides is 1. The van der Waals surface area contributed by atoms with Crippen LogP contribution in [0.25, 0.3) is 22.0 Å². The van der Waals surface area contributed by atoms with Crippen LogP contribution in [0.5, 0.6) is 23.3 Å². The number of benzene rings is 2. The molecule has 0 amide bonds. The summed E-state index contributed by atoms with van der Waals surface area (Å²) in [6, 6.07) is 3.95. The molecule has 0 saturated carbocycles. The average Bonchev–Trinajstić information content (AvgIpc) is 3.79. The molecule has 5 atom stereocenters. The maximum atomic E-state index is 17.2. The van der Waals surface area contributed by atoms with E-state index in [4.69, 9.17) is 28.9 Å². The van der Waals surface area contributed by atoms with Gasteiger partial charge in [0.15, 0.2) is 17.3 Å². The van der Waals surface area contributed by atoms with Crippen molar-refractivity contribution in [2.75, 3.05) is 51.1 Å². The van der Waals surface area contributed by atoms with Crippen molar-refractivity contribution in [3.05, 3.63) is 29.1 Å². The monoisotopic (exact) mass is 621 g/mol. The van der Waals surface area contributed by atoms with E-state index in [9.17, 15) is 9.50 Å². The van der Waals surface area contributed by atoms with E-state index < -0.39 is 17.5 Å². The molecule has 4 saturated heterocycles. The molecule has 45 heavy (non-hydrogen) atoms. The summed E-state index contributed by atoms with van der Waals surface area (Å²) in [5.41, 5.74) is 2.04. The van der Waals surface area contributed by atoms with E-state index in [0.29, 0.717) is 73.7 Å². The van der Waals surface area contributed by atoms with E-state index in [1.807, 2.05) is 6.92 Å². The molecule has 7 heterocycles. The van der Waals surface area contributed by atoms with Gasteiger partial charge in [-0.2, -0.15) is 9.97 Å². The number of phenolic OH excluding ortho intramolecular Hbond substituents is 1. The van der Waals surface area contributed by atoms with Gasteiger partial charge in [-0.3, -0.25) is 4.90 Å². The van der Waals surface area contributed by atoms with Crippen LogP contribution in [0.1, 0.15) is 56.3 Å². The molecule has 10 nitrogen and oxygen atoms in total. The fourth-order valence-corrected chi connectivity index (χ4v) is 8.84. The molecule has 9 rings (SSSR count). The topological polar surface area (TPSA) is 101 Å². The number of anilines is 1. The zero-order valence-electron chi connectivity index (χ0n) is 25.3. The number of hydrogen-bond donors (Lipinski definition) is 2. The van der Waals surface area contributed by atoms with Gasteiger partial charge >= 0.3 is 6.01 Å². The summed E-state index contributed by atoms with van der Waals surface area (Å²) in [4.78, 5) is 14.0. The number of piperazine rings is 1. The molecule has 6 aliphatic rings. The lowest BCUT2D eigenvalue weighted by molar-refractivity contribution is 0.0558. The first-order valence-corrected chi connectivity index (χ1v) is 16.2. The molecule has 2 bridgehead atoms. The number of fused-ring (bicyclic) bond motifs is 7. The smallest absolute Gasteiger partial charge is 0.319 e. The van der Waals surface area contributed by atoms with Crippen LogP contribution >= 0.6 is 0 Å². The molecular weight excluding hydrogens is 584 g/mol. The predicted molar refractivity (Wildman–Crippen MR) is 161 cm³/mol. The summed E-state index contributed by atoms with van der Waals surface area (Å²) < 4.78 is 56.1. The summed E-state index contributed by atoms with van der Waals surface area (Å²) in [6.45, 7) is 5.26. The van der Waals surface area contributed by atoms with Gasteiger partial charge in [0.05, 0.1) is 29.2 Å². The predicted octanol–water partition coefficient (Wildman–Crippen LogP) is 4.40. The first kappa shape index (κ1) is 27.8. The van der Waals surface area contributed by atoms with E-state index in [0.717, 1.165) is 43.4 Å². The number of aromatic nitrogens is 2. The summed E-state index contributed by atoms with van der Waals surface area (Å²) in [6.07, 6.45) is 3.77. The van der Waals surface area contributed by atoms with Crippen molar-refractivity contribution >= 4 is 16.7 Å². The highest BCUT2D eigenvalue weighted by atomic mass is 19.1. The minimum absolute atomic E-state index is 0.0387. The lowest BCUT2D eigenvalue weighted by atomic mass is 9.88. The molecule has 4 fully saturated rings. The van der Waals surface area contributed by atoms with Crippen LogP contribution < -0.4 is 24.4 Å². The molecule has 0 radical (unpaired) electrons. The van der Waals surface area contributed by atoms with E-state index >= 15 is 4.39 Å². The second-order valence-corrected chi connectivity index (χ2v) is 13.5. The van der Waals surface area contributed by atoms with Crippen LogP contribution in [0.4, 0.5) is 14.6 Å². The minimum atomic E-state index is -0.891. The number of nitrogens with zero attached hydrogens (tertiary/aromatic N) is 4. The minimum Gasteiger partial charge on any atom is -0.508 e. The molecule has 6 aliphatic heterocycles. The summed E-state index contributed by atoms with van der Waals surface area (Å²) >= 11 is 0. The number of phenols is 1. The summed E-state index contributed by atoms with van der Waals surface area (Å²) in [7, 11) is 0. The van der Waals surface area contributed by atoms with Crippen LogP contribution in [0.3, 0.4) is 0 Å². The Kier molecular flexibility index (Phi) is 6.34. The molecule has 238 valence electrons. The first-order chi connectivity index (χ1) is 21.9. The Hall–Kier alpha value is -3.48. The van der Waals surface area contributed by atoms with Crippen LogP contribution in [-0.2, 0) is 11.2 Å². The van der Waals surface area contributed by atoms with Gasteiger partial charge in [0.25, 0.3) is 0 Å². The van der Waals surface area contributed by atoms with Crippen molar-refractivity contribution in [3.8, 4) is 34.4 Å². The second-order valence-electron chi connectivity index (χ2n) is 13.5. The van der Waals surface area contributed by atoms with E-state index in [2.05, 4.69) is 15.1 Å². The van der Waals surface area contributed by atoms with Crippen LogP contribution in [0, 0.1) is 5.82 Å². The summed E-state index contributed by atoms with van der Waals surface area (Å²) in [5.74, 6) is 0.633. The highest BCUT2D eigenvalue weighted by molar-refractivity contribution is 6.03. The largest absolute Gasteiger partial charge is 0.508 e. The third kappa shape index (κ3) is 4.35. The van der Waals surface area contributed by atoms with E-state index in [-0.39, 0.29) is 48.1 Å². The van der Waals surface area contributed by atoms with E-state index in [1.165, 1.54) is 0 Å². The van der Waals surface area contributed by atoms with Crippen molar-refractivity contribution in [1.29, 1.82) is 0 Å². The van der Waals surface area contributed by atoms with Crippen LogP contribution in [0.2, 0.25) is 0 Å². The van der Waals surface area contributed by atoms with Crippen molar-refractivity contribution in [2.24, 2.45) is 0 Å². The lowest BCUT2D eigenvalue weighted by Crippen LogP contribution is -2.51. The van der Waals surface area contributed by atoms with Crippen LogP contribution in [0.15, 0.2) is 12.1 Å². The normalized spacial score (nSPS) is 30.2. The Bertz CT molecular complexity index is 1700. The zero-order chi connectivity index (χ0) is 30.4. The van der Waals surface area contributed by atoms with Gasteiger partial charge in [-0.15, -0.1) is 0 Å². The van der Waals surface area contributed by atoms with Gasteiger partial charge < -0.3 is 34.3 Å². The first-order valence-electron chi connectivity index (χ1n) is 16.2. The van der Waals surface area contributed by atoms with Gasteiger partial charge in [0.1, 0.15) is 29.9 Å². The fourth-order valence-electron chi connectivity index (χ4n) is 8.84. The summed E-state index contributed by atoms with van der Waals surface area (Å²) in [5, 5.41) is 14.8. The van der Waals surface area contributed by atoms with Gasteiger partial charge in [0.2, 0.25) is 6.79 Å². The van der Waals surface area contributed by atoms with Crippen molar-refractivity contribution < 1.29 is 32.8 Å². The number of rotatable bonds is 5. The lowest BCUT2D eigenvalue weighted by Gasteiger charge is -2.35. The third-order valence-corrected chi connectivity index (χ3v) is 10.8. The fraction of sp³-hybridized carbons (Fsp3) is 0.576. The Labute approximate surface area is 259 Å². The van der Waals surface area contributed by atoms with Gasteiger partial charge in [0, 0.05) is 38.1 Å². The SMILES string of the molecule is CC1OCCc2cc(O)cc(-c3c4c(c5c(N6C[C@H]7CC[C@@H](C6)N7)nc(OC[C@@]67CCCN6C[C@H](F)C7)nc5c3F)OCO4)c21. The molecule has 1 aromatic heterocycles. The second kappa shape index (κ2) is 10.3. The highest BCUT2D eigenvalue weighted by Gasteiger charge is 2.49. The molecular formula is C33H37F2N5O5. The van der Waals surface area contributed by atoms with Gasteiger partial charge in [-0.05, 0) is 74.4 Å². The molecule has 0 aliphatic carbocycles. The van der Waals surface area contributed by atoms with Gasteiger partial charge in [-0.1, -0.05) is 0 Å². The average molecular weight is 622 g/mol. The zero-order valence-corrected chi connectivity index (χ0v) is 25.3. The molecule has 3 aromatic rings. The molecule has 12 heteroatoms. The molecule has 2 aromatic carbocycles. The van der Waals surface area contributed by atoms with E-state index in [1.54, 1.807) is 12.1 Å². The number of hydrogen-bond acceptors (Lipinski definition) is 10. The van der Waals surface area contributed by atoms with Crippen molar-refractivity contribution in [2.45, 2.75) is 75.3 Å². The Morgan fingerprint density at radius 3 is 2.80 bits per heavy atom. The quantitative estimate of drug-likeness (QED) is 0.427. The molecule has 2 N–H and O–H groups in total. The van der Waals surface area contributed by atoms with Gasteiger partial charge in [-0.25, -0.2) is 8.78 Å². The maximum absolute atomic E-state index is 17.2. The van der Waals surface area contributed by atoms with Crippen molar-refractivity contribution in [3.63, 3.8) is 0 Å². The Morgan fingerprint density at radius 2 is 1.96 bits per heavy atom. The number of nitrogens with one attached hydrogen (secondary N) is 1. The highest BCUT2D eigenvalue weighted by Crippen LogP contribution is 2.53. The van der Waals surface area contributed by atoms with Crippen LogP contribution in [-0.4, -0.2) is 90.0 Å².